The van der Waals surface area contributed by atoms with E-state index in [2.05, 4.69) is 123 Å². The van der Waals surface area contributed by atoms with Crippen LogP contribution in [0.25, 0.3) is 39.9 Å². The standard InChI is InChI=1S/C23H27N7O2.C23H27N7O.C22H24FN7O.C20H24N8O2/c1-14(31)17-13-27-23(29-19-7-4-3-6-18(19)24)30-22(17)28-15-8-9-20(32-2)16(12-15)21-25-10-5-11-26-21;1-14-8-9-16(12-17(14)21-25-10-5-11-26-21)28-22-18(15(2)31)13-27-23(30-22)29-20-7-4-3-6-19(20)24;1-13(31)16-12-27-22(29-19-6-3-2-5-18(19)24)30-21(16)28-14-7-8-17(23)15(11-14)20-25-9-4-10-26-20;1-12(29)15-11-22-20(26-16-6-3-7-17(30)18(16)21)27-19(15)25-13-4-2-5-14(10-13)28-23-8-9-24-28/h5,8-13,18-19H,3-4,6-7,24H2,1-2H3,(H2,27,28,29,30);5,8-13,19-20H,3-4,6-7,24H2,1-2H3,(H2,27,28,29,30);4,7-12,18-19H,2-3,5-6,24H2,1H3,(H2,27,28,29,30);2,4-5,8-11,16-18,30H,3,6-7,21H2,1H3,(H2,22,25,26,27)/t18-,19+;19-,20+;18-,19+;16-,17?,18-/m0001/s1. The Morgan fingerprint density at radius 3 is 1.17 bits per heavy atom. The molecule has 4 aromatic carbocycles. The van der Waals surface area contributed by atoms with Gasteiger partial charge in [-0.15, -0.1) is 0 Å². The molecule has 642 valence electrons. The Labute approximate surface area is 716 Å². The molecule has 1 unspecified atom stereocenters. The van der Waals surface area contributed by atoms with Crippen molar-refractivity contribution in [2.75, 3.05) is 49.6 Å². The third-order valence-corrected chi connectivity index (χ3v) is 21.7. The first kappa shape index (κ1) is 88.0. The summed E-state index contributed by atoms with van der Waals surface area (Å²) in [5, 5.41) is 44.3. The molecule has 4 fully saturated rings. The van der Waals surface area contributed by atoms with Gasteiger partial charge in [0.1, 0.15) is 34.8 Å². The summed E-state index contributed by atoms with van der Waals surface area (Å²) in [6.07, 6.45) is 33.6. The smallest absolute Gasteiger partial charge is 0.224 e. The third-order valence-electron chi connectivity index (χ3n) is 21.7. The fraction of sp³-hybridized carbons (Fsp3) is 0.341. The molecule has 9 atom stereocenters. The number of rotatable bonds is 25. The van der Waals surface area contributed by atoms with Gasteiger partial charge in [-0.3, -0.25) is 19.2 Å². The molecule has 124 heavy (non-hydrogen) atoms. The Balaban J connectivity index is 0.000000142. The molecule has 8 heterocycles. The Hall–Kier alpha value is -13.8. The van der Waals surface area contributed by atoms with Gasteiger partial charge in [0.2, 0.25) is 23.8 Å². The number of aliphatic hydroxyl groups is 1. The average molecular weight is 1680 g/mol. The van der Waals surface area contributed by atoms with Crippen molar-refractivity contribution in [3.8, 4) is 45.6 Å². The summed E-state index contributed by atoms with van der Waals surface area (Å²) in [6.45, 7) is 7.92. The zero-order valence-electron chi connectivity index (χ0n) is 69.7. The number of aromatic nitrogens is 17. The molecule has 12 aromatic rings. The van der Waals surface area contributed by atoms with Crippen LogP contribution in [0.3, 0.4) is 0 Å². The number of Topliss-reactive ketones (excluding diaryl/α,β-unsaturated/α-hetero) is 4. The maximum atomic E-state index is 14.4. The van der Waals surface area contributed by atoms with E-state index in [-0.39, 0.29) is 76.8 Å². The minimum absolute atomic E-state index is 0.0340. The van der Waals surface area contributed by atoms with Gasteiger partial charge in [0.25, 0.3) is 0 Å². The first-order valence-electron chi connectivity index (χ1n) is 41.3. The van der Waals surface area contributed by atoms with E-state index < -0.39 is 18.0 Å². The number of nitrogens with two attached hydrogens (primary N) is 4. The molecule has 0 bridgehead atoms. The van der Waals surface area contributed by atoms with Crippen molar-refractivity contribution < 1.29 is 33.4 Å². The van der Waals surface area contributed by atoms with Crippen molar-refractivity contribution in [2.45, 2.75) is 185 Å². The van der Waals surface area contributed by atoms with Gasteiger partial charge < -0.3 is 75.3 Å². The van der Waals surface area contributed by atoms with E-state index in [1.54, 1.807) is 99.4 Å². The topological polar surface area (TPSA) is 509 Å². The van der Waals surface area contributed by atoms with E-state index >= 15 is 0 Å². The minimum Gasteiger partial charge on any atom is -0.496 e. The number of carbonyl (C=O) groups excluding carboxylic acids is 4. The van der Waals surface area contributed by atoms with Crippen molar-refractivity contribution in [3.05, 3.63) is 205 Å². The van der Waals surface area contributed by atoms with Crippen molar-refractivity contribution in [2.24, 2.45) is 22.9 Å². The van der Waals surface area contributed by atoms with Crippen LogP contribution in [0.15, 0.2) is 171 Å². The lowest BCUT2D eigenvalue weighted by Gasteiger charge is -2.33. The number of nitrogens with one attached hydrogen (secondary N) is 8. The number of ketones is 4. The zero-order valence-corrected chi connectivity index (χ0v) is 69.7. The van der Waals surface area contributed by atoms with E-state index in [0.717, 1.165) is 129 Å². The van der Waals surface area contributed by atoms with E-state index in [1.165, 1.54) is 51.0 Å². The van der Waals surface area contributed by atoms with Crippen LogP contribution < -0.4 is 70.2 Å². The van der Waals surface area contributed by atoms with Gasteiger partial charge in [0.15, 0.2) is 40.6 Å². The lowest BCUT2D eigenvalue weighted by molar-refractivity contribution is 0.100. The van der Waals surface area contributed by atoms with Crippen LogP contribution in [0.4, 0.5) is 74.2 Å². The predicted molar refractivity (Wildman–Crippen MR) is 473 cm³/mol. The SMILES string of the molecule is CC(=O)c1cnc(N[C@@H]2CCCC(O)[C@@H]2N)nc1Nc1cccc(-n2nccn2)c1.CC(=O)c1cnc(N[C@@H]2CCCC[C@@H]2N)nc1Nc1ccc(C)c(-c2ncccn2)c1.CC(=O)c1cnc(N[C@@H]2CCCC[C@@H]2N)nc1Nc1ccc(F)c(-c2ncccn2)c1.COc1ccc(Nc2nc(N[C@@H]3CCCC[C@@H]3N)ncc2C(C)=O)cc1-c1ncccn1. The second-order valence-electron chi connectivity index (χ2n) is 30.7. The first-order chi connectivity index (χ1) is 60.1. The molecule has 0 amide bonds. The molecule has 16 rings (SSSR count). The normalized spacial score (nSPS) is 19.0. The fourth-order valence-electron chi connectivity index (χ4n) is 14.9. The lowest BCUT2D eigenvalue weighted by Crippen LogP contribution is -2.51. The maximum Gasteiger partial charge on any atom is 0.224 e. The highest BCUT2D eigenvalue weighted by Crippen LogP contribution is 2.35. The molecule has 17 N–H and O–H groups in total. The van der Waals surface area contributed by atoms with Crippen LogP contribution in [0.2, 0.25) is 0 Å². The number of methoxy groups -OCH3 is 1. The number of halogens is 1. The molecular weight excluding hydrogens is 1580 g/mol. The molecular formula is C88H102FN29O6. The second kappa shape index (κ2) is 42.1. The first-order valence-corrected chi connectivity index (χ1v) is 41.3. The Kier molecular flexibility index (Phi) is 29.9. The van der Waals surface area contributed by atoms with Crippen LogP contribution in [0.5, 0.6) is 5.75 Å². The number of benzene rings is 4. The number of hydrogen-bond acceptors (Lipinski definition) is 34. The number of ether oxygens (including phenoxy) is 1. The summed E-state index contributed by atoms with van der Waals surface area (Å²) >= 11 is 0. The van der Waals surface area contributed by atoms with Crippen molar-refractivity contribution in [1.82, 2.24) is 84.8 Å². The van der Waals surface area contributed by atoms with E-state index in [9.17, 15) is 28.7 Å². The highest BCUT2D eigenvalue weighted by atomic mass is 19.1. The summed E-state index contributed by atoms with van der Waals surface area (Å²) < 4.78 is 19.8. The van der Waals surface area contributed by atoms with Crippen LogP contribution in [-0.4, -0.2) is 175 Å². The highest BCUT2D eigenvalue weighted by molar-refractivity contribution is 6.01. The average Bonchev–Trinajstić information content (AvgIpc) is 0.817. The number of nitrogens with zero attached hydrogens (tertiary/aromatic N) is 17. The van der Waals surface area contributed by atoms with Gasteiger partial charge in [0.05, 0.1) is 70.7 Å². The van der Waals surface area contributed by atoms with E-state index in [4.69, 9.17) is 27.7 Å². The quantitative estimate of drug-likeness (QED) is 0.0236. The summed E-state index contributed by atoms with van der Waals surface area (Å²) in [5.74, 6) is 4.32. The number of hydrogen-bond donors (Lipinski definition) is 13. The molecule has 35 nitrogen and oxygen atoms in total. The van der Waals surface area contributed by atoms with Gasteiger partial charge in [-0.05, 0) is 183 Å². The molecule has 0 aliphatic heterocycles. The van der Waals surface area contributed by atoms with E-state index in [1.807, 2.05) is 67.6 Å². The third kappa shape index (κ3) is 23.3. The molecule has 4 aliphatic rings. The fourth-order valence-corrected chi connectivity index (χ4v) is 14.9. The second-order valence-corrected chi connectivity index (χ2v) is 30.7. The van der Waals surface area contributed by atoms with Gasteiger partial charge in [-0.2, -0.15) is 34.9 Å². The molecule has 0 spiro atoms. The van der Waals surface area contributed by atoms with Crippen LogP contribution in [0.1, 0.15) is 171 Å². The Bertz CT molecular complexity index is 5460. The lowest BCUT2D eigenvalue weighted by atomic mass is 9.88. The summed E-state index contributed by atoms with van der Waals surface area (Å²) in [7, 11) is 1.60. The van der Waals surface area contributed by atoms with Crippen molar-refractivity contribution >= 4 is 92.9 Å². The number of anilines is 12. The summed E-state index contributed by atoms with van der Waals surface area (Å²) in [5.41, 5.74) is 32.9. The number of aliphatic hydroxyl groups excluding tert-OH is 1. The van der Waals surface area contributed by atoms with E-state index in [0.29, 0.717) is 98.8 Å². The molecule has 0 saturated heterocycles. The number of aryl methyl sites for hydroxylation is 1. The molecule has 4 saturated carbocycles. The molecule has 36 heteroatoms. The Morgan fingerprint density at radius 2 is 0.758 bits per heavy atom. The van der Waals surface area contributed by atoms with Crippen LogP contribution in [-0.2, 0) is 0 Å². The van der Waals surface area contributed by atoms with Gasteiger partial charge in [0, 0.05) is 133 Å². The molecule has 0 radical (unpaired) electrons. The number of carbonyl (C=O) groups is 4. The molecule has 8 aromatic heterocycles. The highest BCUT2D eigenvalue weighted by Gasteiger charge is 2.32. The Morgan fingerprint density at radius 1 is 0.403 bits per heavy atom. The summed E-state index contributed by atoms with van der Waals surface area (Å²) in [6, 6.07) is 28.5. The molecule has 4 aliphatic carbocycles. The van der Waals surface area contributed by atoms with Gasteiger partial charge >= 0.3 is 0 Å². The zero-order chi connectivity index (χ0) is 87.2. The van der Waals surface area contributed by atoms with Crippen molar-refractivity contribution in [1.29, 1.82) is 0 Å². The maximum absolute atomic E-state index is 14.4. The minimum atomic E-state index is -0.552. The van der Waals surface area contributed by atoms with Gasteiger partial charge in [-0.25, -0.2) is 54.2 Å². The predicted octanol–water partition coefficient (Wildman–Crippen LogP) is 12.8. The largest absolute Gasteiger partial charge is 0.496 e. The van der Waals surface area contributed by atoms with Crippen molar-refractivity contribution in [3.63, 3.8) is 0 Å². The van der Waals surface area contributed by atoms with Gasteiger partial charge in [-0.1, -0.05) is 50.7 Å². The monoisotopic (exact) mass is 1680 g/mol. The van der Waals surface area contributed by atoms with Crippen LogP contribution >= 0.6 is 0 Å². The summed E-state index contributed by atoms with van der Waals surface area (Å²) in [4.78, 5) is 111. The van der Waals surface area contributed by atoms with Crippen LogP contribution in [0, 0.1) is 12.7 Å².